The van der Waals surface area contributed by atoms with Gasteiger partial charge in [0.25, 0.3) is 5.91 Å². The highest BCUT2D eigenvalue weighted by atomic mass is 16.2. The summed E-state index contributed by atoms with van der Waals surface area (Å²) in [6.45, 7) is 0. The molecule has 21 heavy (non-hydrogen) atoms. The first-order valence-electron chi connectivity index (χ1n) is 6.54. The van der Waals surface area contributed by atoms with Crippen molar-refractivity contribution in [3.05, 3.63) is 41.7 Å². The van der Waals surface area contributed by atoms with E-state index in [0.717, 1.165) is 16.9 Å². The molecule has 0 aliphatic carbocycles. The molecule has 3 rings (SSSR count). The van der Waals surface area contributed by atoms with Gasteiger partial charge in [-0.3, -0.25) is 9.59 Å². The van der Waals surface area contributed by atoms with E-state index in [1.54, 1.807) is 31.0 Å². The van der Waals surface area contributed by atoms with E-state index in [1.807, 2.05) is 18.2 Å². The standard InChI is InChI=1S/C14H15N5O2/c1-15-12-9-4-3-8(7-11(9)17-14(12)21)19-6-5-10(18-19)13(20)16-2/h3-7,12,15H,1-2H3,(H,16,20)(H,17,21). The largest absolute Gasteiger partial charge is 0.354 e. The third-order valence-corrected chi connectivity index (χ3v) is 3.47. The Balaban J connectivity index is 1.95. The number of aromatic nitrogens is 2. The van der Waals surface area contributed by atoms with Crippen LogP contribution in [0.5, 0.6) is 0 Å². The van der Waals surface area contributed by atoms with E-state index in [-0.39, 0.29) is 17.9 Å². The molecule has 1 aromatic heterocycles. The molecule has 2 heterocycles. The number of benzene rings is 1. The first-order valence-corrected chi connectivity index (χ1v) is 6.54. The van der Waals surface area contributed by atoms with Crippen molar-refractivity contribution in [2.45, 2.75) is 6.04 Å². The minimum Gasteiger partial charge on any atom is -0.354 e. The fraction of sp³-hybridized carbons (Fsp3) is 0.214. The SMILES string of the molecule is CNC(=O)c1ccn(-c2ccc3c(c2)NC(=O)C3NC)n1. The highest BCUT2D eigenvalue weighted by Gasteiger charge is 2.29. The van der Waals surface area contributed by atoms with Gasteiger partial charge in [-0.15, -0.1) is 0 Å². The van der Waals surface area contributed by atoms with E-state index < -0.39 is 0 Å². The fourth-order valence-electron chi connectivity index (χ4n) is 2.40. The molecule has 0 spiro atoms. The molecule has 7 heteroatoms. The Bertz CT molecular complexity index is 722. The number of hydrogen-bond donors (Lipinski definition) is 3. The number of hydrogen-bond acceptors (Lipinski definition) is 4. The third kappa shape index (κ3) is 2.17. The van der Waals surface area contributed by atoms with Crippen LogP contribution in [0.2, 0.25) is 0 Å². The van der Waals surface area contributed by atoms with Gasteiger partial charge >= 0.3 is 0 Å². The number of nitrogens with zero attached hydrogens (tertiary/aromatic N) is 2. The number of amides is 2. The summed E-state index contributed by atoms with van der Waals surface area (Å²) in [4.78, 5) is 23.3. The molecular weight excluding hydrogens is 270 g/mol. The first kappa shape index (κ1) is 13.3. The van der Waals surface area contributed by atoms with Crippen LogP contribution in [-0.2, 0) is 4.79 Å². The molecular formula is C14H15N5O2. The monoisotopic (exact) mass is 285 g/mol. The molecule has 2 amide bonds. The van der Waals surface area contributed by atoms with Gasteiger partial charge in [-0.1, -0.05) is 6.07 Å². The lowest BCUT2D eigenvalue weighted by molar-refractivity contribution is -0.117. The summed E-state index contributed by atoms with van der Waals surface area (Å²) in [6.07, 6.45) is 1.71. The van der Waals surface area contributed by atoms with Crippen molar-refractivity contribution >= 4 is 17.5 Å². The second-order valence-corrected chi connectivity index (χ2v) is 4.71. The Kier molecular flexibility index (Phi) is 3.19. The van der Waals surface area contributed by atoms with Crippen LogP contribution in [-0.4, -0.2) is 35.7 Å². The van der Waals surface area contributed by atoms with Crippen molar-refractivity contribution in [2.75, 3.05) is 19.4 Å². The number of anilines is 1. The predicted octanol–water partition coefficient (Wildman–Crippen LogP) is 0.444. The van der Waals surface area contributed by atoms with Crippen LogP contribution in [0.1, 0.15) is 22.1 Å². The van der Waals surface area contributed by atoms with Gasteiger partial charge in [-0.25, -0.2) is 4.68 Å². The van der Waals surface area contributed by atoms with Crippen LogP contribution in [0.25, 0.3) is 5.69 Å². The van der Waals surface area contributed by atoms with Gasteiger partial charge in [-0.2, -0.15) is 5.10 Å². The van der Waals surface area contributed by atoms with E-state index >= 15 is 0 Å². The molecule has 1 atom stereocenters. The molecule has 0 saturated carbocycles. The topological polar surface area (TPSA) is 88.0 Å². The van der Waals surface area contributed by atoms with Gasteiger partial charge < -0.3 is 16.0 Å². The number of carbonyl (C=O) groups is 2. The zero-order chi connectivity index (χ0) is 15.0. The van der Waals surface area contributed by atoms with Crippen LogP contribution in [0, 0.1) is 0 Å². The lowest BCUT2D eigenvalue weighted by Gasteiger charge is -2.07. The molecule has 7 nitrogen and oxygen atoms in total. The van der Waals surface area contributed by atoms with E-state index in [9.17, 15) is 9.59 Å². The lowest BCUT2D eigenvalue weighted by Crippen LogP contribution is -2.23. The van der Waals surface area contributed by atoms with Gasteiger partial charge in [-0.05, 0) is 25.2 Å². The number of carbonyl (C=O) groups excluding carboxylic acids is 2. The summed E-state index contributed by atoms with van der Waals surface area (Å²) in [6, 6.07) is 6.90. The van der Waals surface area contributed by atoms with E-state index in [2.05, 4.69) is 21.0 Å². The van der Waals surface area contributed by atoms with Crippen LogP contribution >= 0.6 is 0 Å². The Hall–Kier alpha value is -2.67. The highest BCUT2D eigenvalue weighted by Crippen LogP contribution is 2.32. The molecule has 2 aromatic rings. The number of likely N-dealkylation sites (N-methyl/N-ethyl adjacent to an activating group) is 1. The maximum absolute atomic E-state index is 11.8. The zero-order valence-electron chi connectivity index (χ0n) is 11.7. The van der Waals surface area contributed by atoms with Crippen molar-refractivity contribution in [1.29, 1.82) is 0 Å². The van der Waals surface area contributed by atoms with Crippen molar-refractivity contribution in [1.82, 2.24) is 20.4 Å². The smallest absolute Gasteiger partial charge is 0.271 e. The van der Waals surface area contributed by atoms with Crippen LogP contribution in [0.15, 0.2) is 30.5 Å². The average Bonchev–Trinajstić information content (AvgIpc) is 3.09. The van der Waals surface area contributed by atoms with Crippen molar-refractivity contribution in [3.63, 3.8) is 0 Å². The second-order valence-electron chi connectivity index (χ2n) is 4.71. The van der Waals surface area contributed by atoms with Crippen LogP contribution in [0.3, 0.4) is 0 Å². The molecule has 0 bridgehead atoms. The normalized spacial score (nSPS) is 16.5. The number of fused-ring (bicyclic) bond motifs is 1. The predicted molar refractivity (Wildman–Crippen MR) is 77.4 cm³/mol. The quantitative estimate of drug-likeness (QED) is 0.764. The Labute approximate surface area is 121 Å². The Morgan fingerprint density at radius 2 is 2.14 bits per heavy atom. The minimum atomic E-state index is -0.326. The lowest BCUT2D eigenvalue weighted by atomic mass is 10.1. The van der Waals surface area contributed by atoms with Gasteiger partial charge in [0.05, 0.1) is 5.69 Å². The Morgan fingerprint density at radius 3 is 2.86 bits per heavy atom. The summed E-state index contributed by atoms with van der Waals surface area (Å²) < 4.78 is 1.60. The highest BCUT2D eigenvalue weighted by molar-refractivity contribution is 6.02. The molecule has 0 saturated heterocycles. The summed E-state index contributed by atoms with van der Waals surface area (Å²) in [5, 5.41) is 12.5. The molecule has 1 aliphatic rings. The van der Waals surface area contributed by atoms with Crippen LogP contribution < -0.4 is 16.0 Å². The maximum Gasteiger partial charge on any atom is 0.271 e. The summed E-state index contributed by atoms with van der Waals surface area (Å²) in [5.41, 5.74) is 2.79. The van der Waals surface area contributed by atoms with E-state index in [0.29, 0.717) is 5.69 Å². The molecule has 0 radical (unpaired) electrons. The van der Waals surface area contributed by atoms with Gasteiger partial charge in [0.15, 0.2) is 5.69 Å². The van der Waals surface area contributed by atoms with E-state index in [4.69, 9.17) is 0 Å². The molecule has 0 fully saturated rings. The van der Waals surface area contributed by atoms with Gasteiger partial charge in [0, 0.05) is 24.5 Å². The summed E-state index contributed by atoms with van der Waals surface area (Å²) >= 11 is 0. The molecule has 1 unspecified atom stereocenters. The molecule has 1 aromatic carbocycles. The van der Waals surface area contributed by atoms with Crippen molar-refractivity contribution < 1.29 is 9.59 Å². The van der Waals surface area contributed by atoms with Crippen molar-refractivity contribution in [2.24, 2.45) is 0 Å². The molecule has 1 aliphatic heterocycles. The molecule has 108 valence electrons. The van der Waals surface area contributed by atoms with E-state index in [1.165, 1.54) is 0 Å². The number of rotatable bonds is 3. The maximum atomic E-state index is 11.8. The van der Waals surface area contributed by atoms with Crippen LogP contribution in [0.4, 0.5) is 5.69 Å². The summed E-state index contributed by atoms with van der Waals surface area (Å²) in [7, 11) is 3.31. The summed E-state index contributed by atoms with van der Waals surface area (Å²) in [5.74, 6) is -0.311. The Morgan fingerprint density at radius 1 is 1.33 bits per heavy atom. The zero-order valence-corrected chi connectivity index (χ0v) is 11.7. The third-order valence-electron chi connectivity index (χ3n) is 3.47. The van der Waals surface area contributed by atoms with Gasteiger partial charge in [0.1, 0.15) is 6.04 Å². The number of nitrogens with one attached hydrogen (secondary N) is 3. The first-order chi connectivity index (χ1) is 10.1. The average molecular weight is 285 g/mol. The minimum absolute atomic E-state index is 0.0730. The fourth-order valence-corrected chi connectivity index (χ4v) is 2.40. The van der Waals surface area contributed by atoms with Crippen molar-refractivity contribution in [3.8, 4) is 5.69 Å². The second kappa shape index (κ2) is 5.02. The van der Waals surface area contributed by atoms with Gasteiger partial charge in [0.2, 0.25) is 5.91 Å². The molecule has 3 N–H and O–H groups in total.